The van der Waals surface area contributed by atoms with E-state index in [4.69, 9.17) is 32.7 Å². The van der Waals surface area contributed by atoms with Gasteiger partial charge in [-0.25, -0.2) is 0 Å². The Morgan fingerprint density at radius 3 is 2.61 bits per heavy atom. The van der Waals surface area contributed by atoms with Gasteiger partial charge in [-0.15, -0.1) is 10.2 Å². The molecule has 0 aliphatic rings. The van der Waals surface area contributed by atoms with Crippen LogP contribution in [-0.2, 0) is 12.3 Å². The molecule has 1 heterocycles. The predicted molar refractivity (Wildman–Crippen MR) is 143 cm³/mol. The van der Waals surface area contributed by atoms with Gasteiger partial charge >= 0.3 is 0 Å². The van der Waals surface area contributed by atoms with Gasteiger partial charge in [0, 0.05) is 16.8 Å². The molecule has 3 aromatic carbocycles. The zero-order valence-corrected chi connectivity index (χ0v) is 22.2. The highest BCUT2D eigenvalue weighted by Crippen LogP contribution is 2.31. The molecule has 0 saturated carbocycles. The highest BCUT2D eigenvalue weighted by atomic mass is 35.5. The molecule has 186 valence electrons. The predicted octanol–water partition coefficient (Wildman–Crippen LogP) is 6.12. The van der Waals surface area contributed by atoms with Crippen LogP contribution in [0, 0.1) is 6.92 Å². The number of halogens is 2. The van der Waals surface area contributed by atoms with Crippen molar-refractivity contribution in [3.8, 4) is 17.2 Å². The highest BCUT2D eigenvalue weighted by molar-refractivity contribution is 7.98. The summed E-state index contributed by atoms with van der Waals surface area (Å²) in [4.78, 5) is 13.0. The molecule has 1 N–H and O–H groups in total. The Bertz CT molecular complexity index is 1390. The average Bonchev–Trinajstić information content (AvgIpc) is 3.29. The van der Waals surface area contributed by atoms with Gasteiger partial charge in [0.1, 0.15) is 11.5 Å². The van der Waals surface area contributed by atoms with Crippen LogP contribution in [0.3, 0.4) is 0 Å². The minimum Gasteiger partial charge on any atom is -0.497 e. The van der Waals surface area contributed by atoms with Crippen LogP contribution in [0.1, 0.15) is 27.3 Å². The van der Waals surface area contributed by atoms with Gasteiger partial charge in [-0.1, -0.05) is 64.8 Å². The Morgan fingerprint density at radius 1 is 1.03 bits per heavy atom. The van der Waals surface area contributed by atoms with Gasteiger partial charge in [0.05, 0.1) is 37.0 Å². The highest BCUT2D eigenvalue weighted by Gasteiger charge is 2.20. The van der Waals surface area contributed by atoms with Gasteiger partial charge in [-0.2, -0.15) is 0 Å². The van der Waals surface area contributed by atoms with Gasteiger partial charge in [0.15, 0.2) is 11.0 Å². The molecule has 4 aromatic rings. The fraction of sp³-hybridized carbons (Fsp3) is 0.192. The standard InChI is InChI=1S/C26H24Cl2N4O3S/c1-16-5-4-6-17(11-16)15-36-26-31-30-24(32(26)22-12-18(27)7-10-21(22)28)14-29-25(33)20-9-8-19(34-2)13-23(20)35-3/h4-13H,14-15H2,1-3H3,(H,29,33). The van der Waals surface area contributed by atoms with Crippen LogP contribution < -0.4 is 14.8 Å². The smallest absolute Gasteiger partial charge is 0.255 e. The Labute approximate surface area is 223 Å². The number of rotatable bonds is 9. The SMILES string of the molecule is COc1ccc(C(=O)NCc2nnc(SCc3cccc(C)c3)n2-c2cc(Cl)ccc2Cl)c(OC)c1. The van der Waals surface area contributed by atoms with Crippen molar-refractivity contribution in [1.82, 2.24) is 20.1 Å². The van der Waals surface area contributed by atoms with Crippen LogP contribution in [0.4, 0.5) is 0 Å². The first-order valence-corrected chi connectivity index (χ1v) is 12.7. The Balaban J connectivity index is 1.62. The lowest BCUT2D eigenvalue weighted by molar-refractivity contribution is 0.0946. The number of nitrogens with zero attached hydrogens (tertiary/aromatic N) is 3. The average molecular weight is 543 g/mol. The third kappa shape index (κ3) is 5.95. The number of benzene rings is 3. The van der Waals surface area contributed by atoms with Crippen molar-refractivity contribution in [3.63, 3.8) is 0 Å². The van der Waals surface area contributed by atoms with Gasteiger partial charge in [0.25, 0.3) is 5.91 Å². The van der Waals surface area contributed by atoms with E-state index in [9.17, 15) is 4.79 Å². The molecular formula is C26H24Cl2N4O3S. The minimum absolute atomic E-state index is 0.106. The fourth-order valence-electron chi connectivity index (χ4n) is 3.60. The molecule has 4 rings (SSSR count). The number of aromatic nitrogens is 3. The number of nitrogens with one attached hydrogen (secondary N) is 1. The van der Waals surface area contributed by atoms with Crippen LogP contribution in [0.5, 0.6) is 11.5 Å². The topological polar surface area (TPSA) is 78.3 Å². The second-order valence-corrected chi connectivity index (χ2v) is 9.64. The number of amides is 1. The number of carbonyl (C=O) groups excluding carboxylic acids is 1. The van der Waals surface area contributed by atoms with Crippen molar-refractivity contribution in [1.29, 1.82) is 0 Å². The van der Waals surface area contributed by atoms with E-state index in [0.29, 0.717) is 49.5 Å². The van der Waals surface area contributed by atoms with E-state index in [1.54, 1.807) is 43.5 Å². The third-order valence-electron chi connectivity index (χ3n) is 5.36. The molecule has 0 bridgehead atoms. The molecule has 0 aliphatic heterocycles. The van der Waals surface area contributed by atoms with Crippen molar-refractivity contribution < 1.29 is 14.3 Å². The minimum atomic E-state index is -0.324. The summed E-state index contributed by atoms with van der Waals surface area (Å²) in [6.07, 6.45) is 0. The van der Waals surface area contributed by atoms with E-state index in [-0.39, 0.29) is 12.5 Å². The fourth-order valence-corrected chi connectivity index (χ4v) is 4.87. The maximum absolute atomic E-state index is 13.0. The van der Waals surface area contributed by atoms with Gasteiger partial charge in [-0.3, -0.25) is 9.36 Å². The summed E-state index contributed by atoms with van der Waals surface area (Å²) in [6.45, 7) is 2.16. The first kappa shape index (κ1) is 25.9. The van der Waals surface area contributed by atoms with E-state index >= 15 is 0 Å². The molecule has 1 amide bonds. The van der Waals surface area contributed by atoms with E-state index in [2.05, 4.69) is 40.6 Å². The zero-order chi connectivity index (χ0) is 25.7. The second kappa shape index (κ2) is 11.7. The Morgan fingerprint density at radius 2 is 1.86 bits per heavy atom. The lowest BCUT2D eigenvalue weighted by Crippen LogP contribution is -2.25. The summed E-state index contributed by atoms with van der Waals surface area (Å²) in [5.74, 6) is 1.87. The van der Waals surface area contributed by atoms with E-state index in [0.717, 1.165) is 5.56 Å². The van der Waals surface area contributed by atoms with Crippen molar-refractivity contribution in [3.05, 3.63) is 93.2 Å². The number of hydrogen-bond donors (Lipinski definition) is 1. The Kier molecular flexibility index (Phi) is 8.40. The van der Waals surface area contributed by atoms with Gasteiger partial charge in [-0.05, 0) is 42.8 Å². The molecule has 36 heavy (non-hydrogen) atoms. The van der Waals surface area contributed by atoms with Crippen molar-refractivity contribution >= 4 is 40.9 Å². The molecule has 0 atom stereocenters. The van der Waals surface area contributed by atoms with Crippen molar-refractivity contribution in [2.45, 2.75) is 24.4 Å². The van der Waals surface area contributed by atoms with Gasteiger partial charge in [0.2, 0.25) is 0 Å². The zero-order valence-electron chi connectivity index (χ0n) is 19.9. The van der Waals surface area contributed by atoms with Crippen LogP contribution in [-0.4, -0.2) is 34.9 Å². The number of hydrogen-bond acceptors (Lipinski definition) is 6. The summed E-state index contributed by atoms with van der Waals surface area (Å²) in [5, 5.41) is 13.3. The maximum atomic E-state index is 13.0. The van der Waals surface area contributed by atoms with E-state index in [1.165, 1.54) is 24.4 Å². The number of aryl methyl sites for hydroxylation is 1. The molecule has 0 unspecified atom stereocenters. The first-order chi connectivity index (χ1) is 17.4. The third-order valence-corrected chi connectivity index (χ3v) is 6.92. The number of methoxy groups -OCH3 is 2. The number of ether oxygens (including phenoxy) is 2. The monoisotopic (exact) mass is 542 g/mol. The Hall–Kier alpha value is -3.20. The summed E-state index contributed by atoms with van der Waals surface area (Å²) in [7, 11) is 3.05. The van der Waals surface area contributed by atoms with Gasteiger partial charge < -0.3 is 14.8 Å². The molecule has 0 saturated heterocycles. The molecule has 0 aliphatic carbocycles. The lowest BCUT2D eigenvalue weighted by Gasteiger charge is -2.14. The maximum Gasteiger partial charge on any atom is 0.255 e. The molecule has 0 fully saturated rings. The number of thioether (sulfide) groups is 1. The number of carbonyl (C=O) groups is 1. The molecular weight excluding hydrogens is 519 g/mol. The largest absolute Gasteiger partial charge is 0.497 e. The second-order valence-electron chi connectivity index (χ2n) is 7.86. The van der Waals surface area contributed by atoms with E-state index in [1.807, 2.05) is 10.6 Å². The lowest BCUT2D eigenvalue weighted by atomic mass is 10.1. The summed E-state index contributed by atoms with van der Waals surface area (Å²) in [5.41, 5.74) is 3.35. The summed E-state index contributed by atoms with van der Waals surface area (Å²) in [6, 6.07) is 18.5. The van der Waals surface area contributed by atoms with Crippen molar-refractivity contribution in [2.75, 3.05) is 14.2 Å². The van der Waals surface area contributed by atoms with E-state index < -0.39 is 0 Å². The molecule has 7 nitrogen and oxygen atoms in total. The van der Waals surface area contributed by atoms with Crippen LogP contribution >= 0.6 is 35.0 Å². The normalized spacial score (nSPS) is 10.8. The summed E-state index contributed by atoms with van der Waals surface area (Å²) >= 11 is 14.3. The summed E-state index contributed by atoms with van der Waals surface area (Å²) < 4.78 is 12.4. The molecule has 0 spiro atoms. The van der Waals surface area contributed by atoms with Crippen LogP contribution in [0.25, 0.3) is 5.69 Å². The quantitative estimate of drug-likeness (QED) is 0.256. The molecule has 10 heteroatoms. The molecule has 0 radical (unpaired) electrons. The first-order valence-electron chi connectivity index (χ1n) is 11.0. The van der Waals surface area contributed by atoms with Crippen LogP contribution in [0.15, 0.2) is 65.8 Å². The molecule has 1 aromatic heterocycles. The van der Waals surface area contributed by atoms with Crippen molar-refractivity contribution in [2.24, 2.45) is 0 Å². The van der Waals surface area contributed by atoms with Crippen LogP contribution in [0.2, 0.25) is 10.0 Å².